The van der Waals surface area contributed by atoms with Crippen molar-refractivity contribution in [2.75, 3.05) is 57.4 Å². The summed E-state index contributed by atoms with van der Waals surface area (Å²) in [6.45, 7) is 3.10. The SMILES string of the molecule is CN1CCN(S(=O)(=O)N2CCC(Nc3nc(N)c(C(=O)c4c(F)cccc4F)s3)CC2)CC1. The molecule has 2 fully saturated rings. The maximum atomic E-state index is 14.0. The predicted molar refractivity (Wildman–Crippen MR) is 123 cm³/mol. The van der Waals surface area contributed by atoms with Gasteiger partial charge >= 0.3 is 0 Å². The molecule has 0 radical (unpaired) electrons. The Morgan fingerprint density at radius 2 is 1.67 bits per heavy atom. The molecule has 3 N–H and O–H groups in total. The molecule has 9 nitrogen and oxygen atoms in total. The lowest BCUT2D eigenvalue weighted by Crippen LogP contribution is -2.54. The number of carbonyl (C=O) groups is 1. The van der Waals surface area contributed by atoms with Crippen LogP contribution in [-0.4, -0.2) is 85.1 Å². The lowest BCUT2D eigenvalue weighted by Gasteiger charge is -2.38. The molecule has 0 saturated carbocycles. The fraction of sp³-hybridized carbons (Fsp3) is 0.500. The summed E-state index contributed by atoms with van der Waals surface area (Å²) in [5, 5.41) is 3.54. The fourth-order valence-corrected chi connectivity index (χ4v) is 6.50. The maximum absolute atomic E-state index is 14.0. The summed E-state index contributed by atoms with van der Waals surface area (Å²) in [4.78, 5) is 18.8. The van der Waals surface area contributed by atoms with E-state index in [1.807, 2.05) is 7.05 Å². The molecule has 0 amide bonds. The van der Waals surface area contributed by atoms with Gasteiger partial charge in [-0.05, 0) is 32.0 Å². The normalized spacial score (nSPS) is 19.6. The predicted octanol–water partition coefficient (Wildman–Crippen LogP) is 1.60. The average molecular weight is 501 g/mol. The molecule has 3 heterocycles. The van der Waals surface area contributed by atoms with Crippen LogP contribution >= 0.6 is 11.3 Å². The molecule has 2 aliphatic heterocycles. The molecule has 2 aliphatic rings. The molecule has 0 spiro atoms. The Morgan fingerprint density at radius 1 is 1.09 bits per heavy atom. The second kappa shape index (κ2) is 9.58. The van der Waals surface area contributed by atoms with Crippen molar-refractivity contribution in [2.24, 2.45) is 0 Å². The van der Waals surface area contributed by atoms with Crippen LogP contribution < -0.4 is 11.1 Å². The van der Waals surface area contributed by atoms with Crippen molar-refractivity contribution in [1.29, 1.82) is 0 Å². The van der Waals surface area contributed by atoms with Crippen LogP contribution in [-0.2, 0) is 10.2 Å². The second-order valence-electron chi connectivity index (χ2n) is 8.19. The number of nitrogen functional groups attached to an aromatic ring is 1. The molecule has 33 heavy (non-hydrogen) atoms. The molecule has 2 saturated heterocycles. The summed E-state index contributed by atoms with van der Waals surface area (Å²) in [5.41, 5.74) is 5.19. The van der Waals surface area contributed by atoms with Crippen molar-refractivity contribution < 1.29 is 22.0 Å². The highest BCUT2D eigenvalue weighted by Crippen LogP contribution is 2.31. The van der Waals surface area contributed by atoms with Crippen molar-refractivity contribution in [3.63, 3.8) is 0 Å². The van der Waals surface area contributed by atoms with E-state index in [9.17, 15) is 22.0 Å². The van der Waals surface area contributed by atoms with Gasteiger partial charge in [-0.1, -0.05) is 17.4 Å². The molecule has 0 atom stereocenters. The molecule has 2 aromatic rings. The van der Waals surface area contributed by atoms with E-state index in [1.54, 1.807) is 0 Å². The van der Waals surface area contributed by atoms with E-state index in [4.69, 9.17) is 5.73 Å². The average Bonchev–Trinajstić information content (AvgIpc) is 3.14. The van der Waals surface area contributed by atoms with Gasteiger partial charge in [0, 0.05) is 45.3 Å². The van der Waals surface area contributed by atoms with Crippen molar-refractivity contribution in [2.45, 2.75) is 18.9 Å². The van der Waals surface area contributed by atoms with Crippen LogP contribution in [0.5, 0.6) is 0 Å². The second-order valence-corrected chi connectivity index (χ2v) is 11.1. The van der Waals surface area contributed by atoms with Crippen LogP contribution in [0.3, 0.4) is 0 Å². The first-order valence-electron chi connectivity index (χ1n) is 10.6. The minimum absolute atomic E-state index is 0.0448. The number of piperazine rings is 1. The quantitative estimate of drug-likeness (QED) is 0.580. The highest BCUT2D eigenvalue weighted by atomic mass is 32.2. The van der Waals surface area contributed by atoms with Gasteiger partial charge in [0.15, 0.2) is 5.13 Å². The number of halogens is 2. The summed E-state index contributed by atoms with van der Waals surface area (Å²) in [6, 6.07) is 3.14. The van der Waals surface area contributed by atoms with Gasteiger partial charge in [-0.2, -0.15) is 17.0 Å². The summed E-state index contributed by atoms with van der Waals surface area (Å²) in [5.74, 6) is -2.89. The number of piperidine rings is 1. The monoisotopic (exact) mass is 500 g/mol. The number of benzene rings is 1. The first-order valence-corrected chi connectivity index (χ1v) is 12.8. The summed E-state index contributed by atoms with van der Waals surface area (Å²) in [7, 11) is -1.52. The number of rotatable bonds is 6. The number of hydrogen-bond donors (Lipinski definition) is 2. The third-order valence-corrected chi connectivity index (χ3v) is 8.98. The Bertz CT molecular complexity index is 1110. The molecule has 180 valence electrons. The zero-order valence-corrected chi connectivity index (χ0v) is 19.8. The van der Waals surface area contributed by atoms with E-state index in [0.717, 1.165) is 23.5 Å². The van der Waals surface area contributed by atoms with Crippen LogP contribution in [0, 0.1) is 11.6 Å². The molecule has 0 aliphatic carbocycles. The smallest absolute Gasteiger partial charge is 0.282 e. The first kappa shape index (κ1) is 24.0. The van der Waals surface area contributed by atoms with Crippen LogP contribution in [0.15, 0.2) is 18.2 Å². The number of aromatic nitrogens is 1. The van der Waals surface area contributed by atoms with Gasteiger partial charge in [-0.15, -0.1) is 0 Å². The number of nitrogens with two attached hydrogens (primary N) is 1. The van der Waals surface area contributed by atoms with Crippen LogP contribution in [0.4, 0.5) is 19.7 Å². The molecular formula is C20H26F2N6O3S2. The van der Waals surface area contributed by atoms with Crippen LogP contribution in [0.1, 0.15) is 28.1 Å². The van der Waals surface area contributed by atoms with E-state index in [0.29, 0.717) is 57.2 Å². The lowest BCUT2D eigenvalue weighted by molar-refractivity contribution is 0.103. The number of ketones is 1. The third kappa shape index (κ3) is 5.01. The number of thiazole rings is 1. The Balaban J connectivity index is 1.38. The molecule has 0 bridgehead atoms. The lowest BCUT2D eigenvalue weighted by atomic mass is 10.1. The van der Waals surface area contributed by atoms with E-state index < -0.39 is 33.2 Å². The van der Waals surface area contributed by atoms with Gasteiger partial charge in [0.25, 0.3) is 10.2 Å². The fourth-order valence-electron chi connectivity index (χ4n) is 3.97. The van der Waals surface area contributed by atoms with Crippen LogP contribution in [0.25, 0.3) is 0 Å². The minimum Gasteiger partial charge on any atom is -0.382 e. The number of anilines is 2. The molecular weight excluding hydrogens is 474 g/mol. The molecule has 1 aromatic carbocycles. The molecule has 4 rings (SSSR count). The van der Waals surface area contributed by atoms with Crippen molar-refractivity contribution in [1.82, 2.24) is 18.5 Å². The largest absolute Gasteiger partial charge is 0.382 e. The van der Waals surface area contributed by atoms with Crippen molar-refractivity contribution in [3.05, 3.63) is 40.3 Å². The first-order chi connectivity index (χ1) is 15.7. The Kier molecular flexibility index (Phi) is 6.96. The van der Waals surface area contributed by atoms with Gasteiger partial charge < -0.3 is 16.0 Å². The minimum atomic E-state index is -3.49. The van der Waals surface area contributed by atoms with E-state index in [2.05, 4.69) is 15.2 Å². The van der Waals surface area contributed by atoms with E-state index in [-0.39, 0.29) is 16.7 Å². The number of likely N-dealkylation sites (N-methyl/N-ethyl adjacent to an activating group) is 1. The van der Waals surface area contributed by atoms with Crippen molar-refractivity contribution in [3.8, 4) is 0 Å². The van der Waals surface area contributed by atoms with Gasteiger partial charge in [0.2, 0.25) is 5.78 Å². The Morgan fingerprint density at radius 3 is 2.27 bits per heavy atom. The zero-order chi connectivity index (χ0) is 23.8. The molecule has 0 unspecified atom stereocenters. The maximum Gasteiger partial charge on any atom is 0.282 e. The van der Waals surface area contributed by atoms with Crippen LogP contribution in [0.2, 0.25) is 0 Å². The summed E-state index contributed by atoms with van der Waals surface area (Å²) in [6.07, 6.45) is 1.11. The third-order valence-electron chi connectivity index (χ3n) is 5.95. The van der Waals surface area contributed by atoms with Gasteiger partial charge in [-0.3, -0.25) is 4.79 Å². The molecule has 1 aromatic heterocycles. The molecule has 13 heteroatoms. The summed E-state index contributed by atoms with van der Waals surface area (Å²) >= 11 is 0.928. The number of carbonyl (C=O) groups excluding carboxylic acids is 1. The number of nitrogens with one attached hydrogen (secondary N) is 1. The van der Waals surface area contributed by atoms with Crippen molar-refractivity contribution >= 4 is 38.3 Å². The Labute approximate surface area is 195 Å². The van der Waals surface area contributed by atoms with Gasteiger partial charge in [0.05, 0.1) is 5.56 Å². The number of hydrogen-bond acceptors (Lipinski definition) is 8. The topological polar surface area (TPSA) is 112 Å². The summed E-state index contributed by atoms with van der Waals surface area (Å²) < 4.78 is 56.8. The highest BCUT2D eigenvalue weighted by Gasteiger charge is 2.34. The van der Waals surface area contributed by atoms with E-state index >= 15 is 0 Å². The highest BCUT2D eigenvalue weighted by molar-refractivity contribution is 7.86. The zero-order valence-electron chi connectivity index (χ0n) is 18.1. The standard InChI is InChI=1S/C20H26F2N6O3S2/c1-26-9-11-28(12-10-26)33(30,31)27-7-5-13(6-8-27)24-20-25-19(23)18(32-20)17(29)16-14(21)3-2-4-15(16)22/h2-4,13H,5-12,23H2,1H3,(H,24,25). The van der Waals surface area contributed by atoms with Gasteiger partial charge in [-0.25, -0.2) is 13.8 Å². The van der Waals surface area contributed by atoms with Gasteiger partial charge in [0.1, 0.15) is 22.3 Å². The number of nitrogens with zero attached hydrogens (tertiary/aromatic N) is 4. The Hall–Kier alpha value is -2.19. The van der Waals surface area contributed by atoms with E-state index in [1.165, 1.54) is 14.7 Å².